The molecular weight excluding hydrogens is 290 g/mol. The molecule has 5 nitrogen and oxygen atoms in total. The number of aryl methyl sites for hydroxylation is 1. The van der Waals surface area contributed by atoms with Crippen LogP contribution in [-0.2, 0) is 9.59 Å². The van der Waals surface area contributed by atoms with Crippen molar-refractivity contribution in [2.45, 2.75) is 32.2 Å². The predicted octanol–water partition coefficient (Wildman–Crippen LogP) is 2.49. The second kappa shape index (κ2) is 5.33. The monoisotopic (exact) mass is 309 g/mol. The molecule has 0 radical (unpaired) electrons. The summed E-state index contributed by atoms with van der Waals surface area (Å²) in [6.45, 7) is 2.48. The van der Waals surface area contributed by atoms with Gasteiger partial charge in [-0.05, 0) is 31.9 Å². The molecule has 1 atom stereocenters. The summed E-state index contributed by atoms with van der Waals surface area (Å²) in [6.07, 6.45) is 2.47. The van der Waals surface area contributed by atoms with E-state index in [1.54, 1.807) is 0 Å². The van der Waals surface area contributed by atoms with E-state index >= 15 is 0 Å². The number of nitrogens with one attached hydrogen (secondary N) is 1. The van der Waals surface area contributed by atoms with Crippen LogP contribution in [0.2, 0.25) is 0 Å². The normalized spacial score (nSPS) is 21.0. The first-order valence-corrected chi connectivity index (χ1v) is 8.08. The lowest BCUT2D eigenvalue weighted by atomic mass is 10.1. The second-order valence-electron chi connectivity index (χ2n) is 6.50. The van der Waals surface area contributed by atoms with Crippen molar-refractivity contribution < 1.29 is 9.59 Å². The molecule has 0 spiro atoms. The van der Waals surface area contributed by atoms with Crippen molar-refractivity contribution in [1.29, 1.82) is 0 Å². The summed E-state index contributed by atoms with van der Waals surface area (Å²) in [5, 5.41) is 3.97. The third-order valence-electron chi connectivity index (χ3n) is 4.63. The minimum absolute atomic E-state index is 0.0858. The Labute approximate surface area is 134 Å². The van der Waals surface area contributed by atoms with Crippen molar-refractivity contribution in [3.8, 4) is 0 Å². The number of carbonyl (C=O) groups excluding carboxylic acids is 2. The number of anilines is 1. The standard InChI is InChI=1S/C18H19N3O2/c1-11-5-6-12-3-2-4-15(17(12)19-11)20-18(23)13-9-16(22)21(10-13)14-7-8-14/h2-6,13-14H,7-10H2,1H3,(H,20,23). The van der Waals surface area contributed by atoms with Gasteiger partial charge in [-0.3, -0.25) is 14.6 Å². The van der Waals surface area contributed by atoms with Gasteiger partial charge in [-0.25, -0.2) is 0 Å². The second-order valence-corrected chi connectivity index (χ2v) is 6.50. The summed E-state index contributed by atoms with van der Waals surface area (Å²) in [7, 11) is 0. The molecule has 2 aromatic rings. The Balaban J connectivity index is 1.55. The molecule has 1 aromatic carbocycles. The van der Waals surface area contributed by atoms with Gasteiger partial charge in [-0.1, -0.05) is 18.2 Å². The maximum atomic E-state index is 12.6. The Morgan fingerprint density at radius 2 is 2.09 bits per heavy atom. The maximum Gasteiger partial charge on any atom is 0.229 e. The molecule has 4 rings (SSSR count). The molecule has 5 heteroatoms. The molecule has 2 heterocycles. The molecule has 118 valence electrons. The van der Waals surface area contributed by atoms with Gasteiger partial charge in [0, 0.05) is 30.1 Å². The van der Waals surface area contributed by atoms with Crippen molar-refractivity contribution >= 4 is 28.4 Å². The quantitative estimate of drug-likeness (QED) is 0.947. The van der Waals surface area contributed by atoms with Crippen LogP contribution in [0.4, 0.5) is 5.69 Å². The molecule has 1 saturated carbocycles. The average Bonchev–Trinajstić information content (AvgIpc) is 3.30. The molecule has 0 bridgehead atoms. The summed E-state index contributed by atoms with van der Waals surface area (Å²) < 4.78 is 0. The highest BCUT2D eigenvalue weighted by Gasteiger charge is 2.41. The topological polar surface area (TPSA) is 62.3 Å². The minimum atomic E-state index is -0.261. The molecule has 2 aliphatic rings. The van der Waals surface area contributed by atoms with E-state index in [1.165, 1.54) is 0 Å². The van der Waals surface area contributed by atoms with Gasteiger partial charge >= 0.3 is 0 Å². The number of nitrogens with zero attached hydrogens (tertiary/aromatic N) is 2. The fourth-order valence-electron chi connectivity index (χ4n) is 3.23. The van der Waals surface area contributed by atoms with Gasteiger partial charge in [0.05, 0.1) is 17.1 Å². The number of fused-ring (bicyclic) bond motifs is 1. The number of pyridine rings is 1. The molecule has 2 amide bonds. The zero-order chi connectivity index (χ0) is 16.0. The number of hydrogen-bond donors (Lipinski definition) is 1. The summed E-state index contributed by atoms with van der Waals surface area (Å²) in [6, 6.07) is 10.1. The third-order valence-corrected chi connectivity index (χ3v) is 4.63. The van der Waals surface area contributed by atoms with Crippen molar-refractivity contribution in [3.05, 3.63) is 36.0 Å². The number of carbonyl (C=O) groups is 2. The number of aromatic nitrogens is 1. The van der Waals surface area contributed by atoms with Crippen LogP contribution in [0.5, 0.6) is 0 Å². The van der Waals surface area contributed by atoms with E-state index in [-0.39, 0.29) is 17.7 Å². The summed E-state index contributed by atoms with van der Waals surface area (Å²) in [4.78, 5) is 31.0. The predicted molar refractivity (Wildman–Crippen MR) is 88.0 cm³/mol. The molecule has 1 N–H and O–H groups in total. The number of likely N-dealkylation sites (tertiary alicyclic amines) is 1. The van der Waals surface area contributed by atoms with E-state index in [2.05, 4.69) is 10.3 Å². The third kappa shape index (κ3) is 2.67. The lowest BCUT2D eigenvalue weighted by Crippen LogP contribution is -2.29. The zero-order valence-electron chi connectivity index (χ0n) is 13.1. The minimum Gasteiger partial charge on any atom is -0.339 e. The van der Waals surface area contributed by atoms with E-state index in [4.69, 9.17) is 0 Å². The van der Waals surface area contributed by atoms with E-state index < -0.39 is 0 Å². The van der Waals surface area contributed by atoms with Gasteiger partial charge in [0.1, 0.15) is 0 Å². The van der Waals surface area contributed by atoms with Gasteiger partial charge < -0.3 is 10.2 Å². The number of para-hydroxylation sites is 1. The average molecular weight is 309 g/mol. The molecule has 2 fully saturated rings. The van der Waals surface area contributed by atoms with Crippen LogP contribution < -0.4 is 5.32 Å². The Hall–Kier alpha value is -2.43. The van der Waals surface area contributed by atoms with Crippen LogP contribution in [0.25, 0.3) is 10.9 Å². The highest BCUT2D eigenvalue weighted by atomic mass is 16.2. The van der Waals surface area contributed by atoms with Crippen molar-refractivity contribution in [2.24, 2.45) is 5.92 Å². The summed E-state index contributed by atoms with van der Waals surface area (Å²) >= 11 is 0. The molecule has 1 aliphatic carbocycles. The van der Waals surface area contributed by atoms with Crippen LogP contribution in [0.15, 0.2) is 30.3 Å². The van der Waals surface area contributed by atoms with Gasteiger partial charge in [0.2, 0.25) is 11.8 Å². The van der Waals surface area contributed by atoms with E-state index in [0.717, 1.165) is 29.4 Å². The lowest BCUT2D eigenvalue weighted by molar-refractivity contribution is -0.128. The fourth-order valence-corrected chi connectivity index (χ4v) is 3.23. The summed E-state index contributed by atoms with van der Waals surface area (Å²) in [5.41, 5.74) is 2.42. The Morgan fingerprint density at radius 3 is 2.87 bits per heavy atom. The molecule has 1 aliphatic heterocycles. The van der Waals surface area contributed by atoms with E-state index in [0.29, 0.717) is 24.7 Å². The van der Waals surface area contributed by atoms with Crippen LogP contribution >= 0.6 is 0 Å². The highest BCUT2D eigenvalue weighted by molar-refractivity contribution is 6.03. The maximum absolute atomic E-state index is 12.6. The van der Waals surface area contributed by atoms with Crippen LogP contribution in [0.1, 0.15) is 25.0 Å². The molecule has 23 heavy (non-hydrogen) atoms. The van der Waals surface area contributed by atoms with Gasteiger partial charge in [0.15, 0.2) is 0 Å². The Bertz CT molecular complexity index is 798. The largest absolute Gasteiger partial charge is 0.339 e. The zero-order valence-corrected chi connectivity index (χ0v) is 13.1. The van der Waals surface area contributed by atoms with Crippen molar-refractivity contribution in [2.75, 3.05) is 11.9 Å². The summed E-state index contributed by atoms with van der Waals surface area (Å²) in [5.74, 6) is -0.236. The number of rotatable bonds is 3. The van der Waals surface area contributed by atoms with E-state index in [1.807, 2.05) is 42.2 Å². The van der Waals surface area contributed by atoms with Crippen molar-refractivity contribution in [3.63, 3.8) is 0 Å². The van der Waals surface area contributed by atoms with Crippen molar-refractivity contribution in [1.82, 2.24) is 9.88 Å². The Morgan fingerprint density at radius 1 is 1.26 bits per heavy atom. The first kappa shape index (κ1) is 14.2. The Kier molecular flexibility index (Phi) is 3.29. The molecule has 1 saturated heterocycles. The van der Waals surface area contributed by atoms with Crippen LogP contribution in [-0.4, -0.2) is 34.3 Å². The number of benzene rings is 1. The van der Waals surface area contributed by atoms with Gasteiger partial charge in [-0.2, -0.15) is 0 Å². The van der Waals surface area contributed by atoms with Crippen LogP contribution in [0.3, 0.4) is 0 Å². The van der Waals surface area contributed by atoms with Gasteiger partial charge in [0.25, 0.3) is 0 Å². The van der Waals surface area contributed by atoms with Gasteiger partial charge in [-0.15, -0.1) is 0 Å². The number of hydrogen-bond acceptors (Lipinski definition) is 3. The smallest absolute Gasteiger partial charge is 0.229 e. The molecule has 1 aromatic heterocycles. The van der Waals surface area contributed by atoms with E-state index in [9.17, 15) is 9.59 Å². The lowest BCUT2D eigenvalue weighted by Gasteiger charge is -2.15. The fraction of sp³-hybridized carbons (Fsp3) is 0.389. The van der Waals surface area contributed by atoms with Crippen LogP contribution in [0, 0.1) is 12.8 Å². The molecule has 1 unspecified atom stereocenters. The first-order chi connectivity index (χ1) is 11.1. The SMILES string of the molecule is Cc1ccc2cccc(NC(=O)C3CC(=O)N(C4CC4)C3)c2n1. The molecular formula is C18H19N3O2. The number of amides is 2. The first-order valence-electron chi connectivity index (χ1n) is 8.08. The highest BCUT2D eigenvalue weighted by Crippen LogP contribution is 2.33.